The van der Waals surface area contributed by atoms with Crippen LogP contribution in [0.3, 0.4) is 0 Å². The fourth-order valence-electron chi connectivity index (χ4n) is 2.55. The van der Waals surface area contributed by atoms with Gasteiger partial charge in [-0.3, -0.25) is 4.79 Å². The molecule has 0 spiro atoms. The van der Waals surface area contributed by atoms with Crippen LogP contribution in [0.1, 0.15) is 25.6 Å². The molecule has 0 aliphatic heterocycles. The fraction of sp³-hybridized carbons (Fsp3) is 0.111. The van der Waals surface area contributed by atoms with E-state index in [1.807, 2.05) is 0 Å². The summed E-state index contributed by atoms with van der Waals surface area (Å²) < 4.78 is 29.6. The molecular weight excluding hydrogens is 400 g/mol. The van der Waals surface area contributed by atoms with Crippen LogP contribution in [-0.4, -0.2) is 23.6 Å². The minimum Gasteiger partial charge on any atom is -0.478 e. The Morgan fingerprint density at radius 3 is 2.67 bits per heavy atom. The number of thiophene rings is 1. The van der Waals surface area contributed by atoms with Crippen LogP contribution < -0.4 is 10.1 Å². The topological polar surface area (TPSA) is 75.6 Å². The minimum absolute atomic E-state index is 0.0348. The predicted molar refractivity (Wildman–Crippen MR) is 99.6 cm³/mol. The van der Waals surface area contributed by atoms with Crippen molar-refractivity contribution in [1.82, 2.24) is 0 Å². The number of alkyl halides is 2. The zero-order valence-corrected chi connectivity index (χ0v) is 15.3. The van der Waals surface area contributed by atoms with Gasteiger partial charge in [-0.05, 0) is 42.8 Å². The number of rotatable bonds is 5. The number of anilines is 1. The van der Waals surface area contributed by atoms with Gasteiger partial charge in [0.25, 0.3) is 5.91 Å². The molecule has 9 heteroatoms. The first-order chi connectivity index (χ1) is 12.8. The number of nitrogens with one attached hydrogen (secondary N) is 1. The SMILES string of the molecule is Cc1c(NC(=O)c2sc3cc(OC(F)F)ccc3c2Cl)cccc1C(=O)O. The molecule has 0 atom stereocenters. The van der Waals surface area contributed by atoms with Crippen LogP contribution in [0.4, 0.5) is 14.5 Å². The summed E-state index contributed by atoms with van der Waals surface area (Å²) in [5.41, 5.74) is 0.822. The van der Waals surface area contributed by atoms with Gasteiger partial charge in [0.05, 0.1) is 10.6 Å². The standard InChI is InChI=1S/C18H12ClF2NO4S/c1-8-10(17(24)25)3-2-4-12(8)22-16(23)15-14(19)11-6-5-9(26-18(20)21)7-13(11)27-15/h2-7,18H,1H3,(H,22,23)(H,24,25). The average Bonchev–Trinajstić information content (AvgIpc) is 2.92. The van der Waals surface area contributed by atoms with Crippen LogP contribution in [0.5, 0.6) is 5.75 Å². The maximum atomic E-state index is 12.6. The van der Waals surface area contributed by atoms with Crippen molar-refractivity contribution in [1.29, 1.82) is 0 Å². The van der Waals surface area contributed by atoms with E-state index in [1.54, 1.807) is 13.0 Å². The molecule has 140 valence electrons. The zero-order chi connectivity index (χ0) is 19.7. The first-order valence-electron chi connectivity index (χ1n) is 7.59. The molecule has 0 unspecified atom stereocenters. The van der Waals surface area contributed by atoms with Gasteiger partial charge in [-0.15, -0.1) is 11.3 Å². The Bertz CT molecular complexity index is 1050. The molecule has 3 aromatic rings. The van der Waals surface area contributed by atoms with Crippen molar-refractivity contribution < 1.29 is 28.2 Å². The third kappa shape index (κ3) is 3.86. The third-order valence-corrected chi connectivity index (χ3v) is 5.50. The van der Waals surface area contributed by atoms with Crippen molar-refractivity contribution in [3.8, 4) is 5.75 Å². The van der Waals surface area contributed by atoms with Gasteiger partial charge in [-0.2, -0.15) is 8.78 Å². The smallest absolute Gasteiger partial charge is 0.387 e. The van der Waals surface area contributed by atoms with Crippen molar-refractivity contribution in [2.45, 2.75) is 13.5 Å². The van der Waals surface area contributed by atoms with Crippen LogP contribution in [-0.2, 0) is 0 Å². The van der Waals surface area contributed by atoms with Gasteiger partial charge >= 0.3 is 12.6 Å². The summed E-state index contributed by atoms with van der Waals surface area (Å²) in [7, 11) is 0. The number of fused-ring (bicyclic) bond motifs is 1. The number of carbonyl (C=O) groups is 2. The monoisotopic (exact) mass is 411 g/mol. The summed E-state index contributed by atoms with van der Waals surface area (Å²) in [4.78, 5) is 24.0. The van der Waals surface area contributed by atoms with Crippen molar-refractivity contribution in [2.24, 2.45) is 0 Å². The Kier molecular flexibility index (Phi) is 5.29. The highest BCUT2D eigenvalue weighted by molar-refractivity contribution is 7.21. The van der Waals surface area contributed by atoms with Gasteiger partial charge in [0.2, 0.25) is 0 Å². The number of carbonyl (C=O) groups excluding carboxylic acids is 1. The molecule has 1 aromatic heterocycles. The molecule has 2 N–H and O–H groups in total. The first-order valence-corrected chi connectivity index (χ1v) is 8.78. The number of aromatic carboxylic acids is 1. The van der Waals surface area contributed by atoms with Gasteiger partial charge in [-0.25, -0.2) is 4.79 Å². The van der Waals surface area contributed by atoms with E-state index in [2.05, 4.69) is 10.1 Å². The van der Waals surface area contributed by atoms with Crippen molar-refractivity contribution in [2.75, 3.05) is 5.32 Å². The molecule has 0 saturated carbocycles. The molecule has 0 fully saturated rings. The number of benzene rings is 2. The highest BCUT2D eigenvalue weighted by atomic mass is 35.5. The van der Waals surface area contributed by atoms with E-state index in [1.165, 1.54) is 30.3 Å². The molecule has 0 aliphatic carbocycles. The highest BCUT2D eigenvalue weighted by Crippen LogP contribution is 2.38. The Morgan fingerprint density at radius 2 is 2.00 bits per heavy atom. The minimum atomic E-state index is -2.95. The number of hydrogen-bond donors (Lipinski definition) is 2. The second-order valence-corrected chi connectivity index (χ2v) is 6.95. The summed E-state index contributed by atoms with van der Waals surface area (Å²) in [5, 5.41) is 12.5. The molecule has 0 aliphatic rings. The number of amides is 1. The van der Waals surface area contributed by atoms with Crippen LogP contribution in [0.2, 0.25) is 5.02 Å². The number of hydrogen-bond acceptors (Lipinski definition) is 4. The molecule has 3 rings (SSSR count). The van der Waals surface area contributed by atoms with E-state index < -0.39 is 18.5 Å². The van der Waals surface area contributed by atoms with Gasteiger partial charge in [0.15, 0.2) is 0 Å². The first kappa shape index (κ1) is 19.1. The molecule has 0 saturated heterocycles. The third-order valence-electron chi connectivity index (χ3n) is 3.84. The van der Waals surface area contributed by atoms with Gasteiger partial charge < -0.3 is 15.2 Å². The van der Waals surface area contributed by atoms with Gasteiger partial charge in [0.1, 0.15) is 10.6 Å². The number of carboxylic acid groups (broad SMARTS) is 1. The number of halogens is 3. The summed E-state index contributed by atoms with van der Waals surface area (Å²) >= 11 is 7.29. The number of carboxylic acids is 1. The van der Waals surface area contributed by atoms with E-state index >= 15 is 0 Å². The van der Waals surface area contributed by atoms with Crippen LogP contribution >= 0.6 is 22.9 Å². The van der Waals surface area contributed by atoms with Crippen molar-refractivity contribution in [3.63, 3.8) is 0 Å². The predicted octanol–water partition coefficient (Wildman–Crippen LogP) is 5.42. The van der Waals surface area contributed by atoms with Crippen LogP contribution in [0, 0.1) is 6.92 Å². The molecule has 0 bridgehead atoms. The second-order valence-electron chi connectivity index (χ2n) is 5.52. The lowest BCUT2D eigenvalue weighted by Gasteiger charge is -2.09. The molecule has 2 aromatic carbocycles. The largest absolute Gasteiger partial charge is 0.478 e. The molecular formula is C18H12ClF2NO4S. The summed E-state index contributed by atoms with van der Waals surface area (Å²) in [6.07, 6.45) is 0. The number of ether oxygens (including phenoxy) is 1. The van der Waals surface area contributed by atoms with Crippen molar-refractivity contribution >= 4 is 50.6 Å². The van der Waals surface area contributed by atoms with Crippen LogP contribution in [0.25, 0.3) is 10.1 Å². The lowest BCUT2D eigenvalue weighted by atomic mass is 10.1. The van der Waals surface area contributed by atoms with E-state index in [0.29, 0.717) is 21.3 Å². The van der Waals surface area contributed by atoms with E-state index in [9.17, 15) is 23.5 Å². The highest BCUT2D eigenvalue weighted by Gasteiger charge is 2.20. The van der Waals surface area contributed by atoms with Gasteiger partial charge in [0, 0.05) is 15.8 Å². The molecule has 1 heterocycles. The lowest BCUT2D eigenvalue weighted by molar-refractivity contribution is -0.0497. The average molecular weight is 412 g/mol. The molecule has 5 nitrogen and oxygen atoms in total. The molecule has 1 amide bonds. The zero-order valence-electron chi connectivity index (χ0n) is 13.8. The van der Waals surface area contributed by atoms with Gasteiger partial charge in [-0.1, -0.05) is 17.7 Å². The van der Waals surface area contributed by atoms with Crippen LogP contribution in [0.15, 0.2) is 36.4 Å². The Hall–Kier alpha value is -2.71. The molecule has 27 heavy (non-hydrogen) atoms. The van der Waals surface area contributed by atoms with E-state index in [-0.39, 0.29) is 21.2 Å². The summed E-state index contributed by atoms with van der Waals surface area (Å²) in [5.74, 6) is -1.66. The van der Waals surface area contributed by atoms with Crippen molar-refractivity contribution in [3.05, 3.63) is 57.4 Å². The fourth-order valence-corrected chi connectivity index (χ4v) is 3.99. The quantitative estimate of drug-likeness (QED) is 0.588. The maximum Gasteiger partial charge on any atom is 0.387 e. The van der Waals surface area contributed by atoms with E-state index in [4.69, 9.17) is 11.6 Å². The lowest BCUT2D eigenvalue weighted by Crippen LogP contribution is -2.13. The molecule has 0 radical (unpaired) electrons. The Morgan fingerprint density at radius 1 is 1.26 bits per heavy atom. The van der Waals surface area contributed by atoms with E-state index in [0.717, 1.165) is 11.3 Å². The summed E-state index contributed by atoms with van der Waals surface area (Å²) in [6, 6.07) is 8.76. The maximum absolute atomic E-state index is 12.6. The Balaban J connectivity index is 1.93. The second kappa shape index (κ2) is 7.50. The normalized spacial score (nSPS) is 11.0. The Labute approximate surface area is 161 Å². The summed E-state index contributed by atoms with van der Waals surface area (Å²) in [6.45, 7) is -1.37.